The minimum atomic E-state index is 0.626. The maximum absolute atomic E-state index is 5.90. The number of hydrogen-bond donors (Lipinski definition) is 1. The van der Waals surface area contributed by atoms with Gasteiger partial charge in [-0.3, -0.25) is 4.90 Å². The second-order valence-corrected chi connectivity index (χ2v) is 5.22. The molecule has 1 aromatic carbocycles. The van der Waals surface area contributed by atoms with Gasteiger partial charge in [0.15, 0.2) is 0 Å². The lowest BCUT2D eigenvalue weighted by molar-refractivity contribution is 0.241. The fourth-order valence-corrected chi connectivity index (χ4v) is 2.68. The molecule has 0 spiro atoms. The molecule has 0 radical (unpaired) electrons. The Morgan fingerprint density at radius 3 is 2.81 bits per heavy atom. The Kier molecular flexibility index (Phi) is 4.01. The third-order valence-electron chi connectivity index (χ3n) is 3.76. The van der Waals surface area contributed by atoms with Gasteiger partial charge in [-0.05, 0) is 31.0 Å². The van der Waals surface area contributed by atoms with Crippen LogP contribution in [0.2, 0.25) is 0 Å². The first kappa shape index (κ1) is 13.8. The number of nitrogens with zero attached hydrogens (tertiary/aromatic N) is 3. The van der Waals surface area contributed by atoms with E-state index >= 15 is 0 Å². The van der Waals surface area contributed by atoms with Gasteiger partial charge in [0, 0.05) is 25.2 Å². The average molecular weight is 284 g/mol. The van der Waals surface area contributed by atoms with Gasteiger partial charge in [0.05, 0.1) is 12.3 Å². The molecule has 2 N–H and O–H groups in total. The molecule has 1 aliphatic heterocycles. The molecule has 21 heavy (non-hydrogen) atoms. The number of nitrogen functional groups attached to an aromatic ring is 1. The molecule has 2 aromatic rings. The lowest BCUT2D eigenvalue weighted by Gasteiger charge is -2.28. The highest BCUT2D eigenvalue weighted by atomic mass is 16.5. The monoisotopic (exact) mass is 284 g/mol. The molecule has 110 valence electrons. The molecule has 0 amide bonds. The van der Waals surface area contributed by atoms with Gasteiger partial charge in [0.2, 0.25) is 0 Å². The predicted octanol–water partition coefficient (Wildman–Crippen LogP) is 2.02. The molecule has 0 fully saturated rings. The molecule has 5 nitrogen and oxygen atoms in total. The molecular formula is C16H20N4O. The summed E-state index contributed by atoms with van der Waals surface area (Å²) < 4.78 is 5.47. The van der Waals surface area contributed by atoms with Crippen molar-refractivity contribution in [3.63, 3.8) is 0 Å². The van der Waals surface area contributed by atoms with E-state index in [1.165, 1.54) is 5.56 Å². The Hall–Kier alpha value is -2.14. The van der Waals surface area contributed by atoms with Gasteiger partial charge >= 0.3 is 0 Å². The standard InChI is InChI=1S/C16H20N4O/c1-2-21-13-5-3-12(4-6-13)9-20-8-7-14-15(10-20)18-11-19-16(14)17/h3-6,11H,2,7-10H2,1H3,(H2,17,18,19). The summed E-state index contributed by atoms with van der Waals surface area (Å²) in [4.78, 5) is 10.8. The Labute approximate surface area is 124 Å². The summed E-state index contributed by atoms with van der Waals surface area (Å²) in [5, 5.41) is 0. The highest BCUT2D eigenvalue weighted by Crippen LogP contribution is 2.22. The van der Waals surface area contributed by atoms with E-state index in [-0.39, 0.29) is 0 Å². The highest BCUT2D eigenvalue weighted by molar-refractivity contribution is 5.42. The minimum absolute atomic E-state index is 0.626. The van der Waals surface area contributed by atoms with Crippen LogP contribution < -0.4 is 10.5 Å². The van der Waals surface area contributed by atoms with Crippen molar-refractivity contribution in [2.45, 2.75) is 26.4 Å². The van der Waals surface area contributed by atoms with Crippen molar-refractivity contribution >= 4 is 5.82 Å². The van der Waals surface area contributed by atoms with Crippen LogP contribution in [0.5, 0.6) is 5.75 Å². The summed E-state index contributed by atoms with van der Waals surface area (Å²) in [6.07, 6.45) is 2.47. The second kappa shape index (κ2) is 6.10. The quantitative estimate of drug-likeness (QED) is 0.930. The number of benzene rings is 1. The Morgan fingerprint density at radius 1 is 1.24 bits per heavy atom. The molecule has 0 atom stereocenters. The van der Waals surface area contributed by atoms with Gasteiger partial charge in [-0.15, -0.1) is 0 Å². The average Bonchev–Trinajstić information content (AvgIpc) is 2.50. The van der Waals surface area contributed by atoms with Gasteiger partial charge in [0.1, 0.15) is 17.9 Å². The maximum atomic E-state index is 5.90. The number of nitrogens with two attached hydrogens (primary N) is 1. The summed E-state index contributed by atoms with van der Waals surface area (Å²) >= 11 is 0. The normalized spacial score (nSPS) is 14.7. The lowest BCUT2D eigenvalue weighted by atomic mass is 10.0. The van der Waals surface area contributed by atoms with Gasteiger partial charge in [-0.2, -0.15) is 0 Å². The largest absolute Gasteiger partial charge is 0.494 e. The number of rotatable bonds is 4. The Bertz CT molecular complexity index is 612. The van der Waals surface area contributed by atoms with Crippen molar-refractivity contribution in [3.05, 3.63) is 47.4 Å². The third-order valence-corrected chi connectivity index (χ3v) is 3.76. The van der Waals surface area contributed by atoms with Gasteiger partial charge < -0.3 is 10.5 Å². The van der Waals surface area contributed by atoms with Crippen molar-refractivity contribution in [1.82, 2.24) is 14.9 Å². The smallest absolute Gasteiger partial charge is 0.130 e. The van der Waals surface area contributed by atoms with Crippen molar-refractivity contribution in [1.29, 1.82) is 0 Å². The van der Waals surface area contributed by atoms with E-state index in [1.54, 1.807) is 6.33 Å². The highest BCUT2D eigenvalue weighted by Gasteiger charge is 2.19. The van der Waals surface area contributed by atoms with Crippen LogP contribution in [0.1, 0.15) is 23.7 Å². The molecule has 0 saturated carbocycles. The zero-order valence-corrected chi connectivity index (χ0v) is 12.2. The number of fused-ring (bicyclic) bond motifs is 1. The Balaban J connectivity index is 1.67. The van der Waals surface area contributed by atoms with Gasteiger partial charge in [0.25, 0.3) is 0 Å². The minimum Gasteiger partial charge on any atom is -0.494 e. The van der Waals surface area contributed by atoms with Crippen molar-refractivity contribution < 1.29 is 4.74 Å². The van der Waals surface area contributed by atoms with Crippen LogP contribution >= 0.6 is 0 Å². The van der Waals surface area contributed by atoms with Crippen molar-refractivity contribution in [3.8, 4) is 5.75 Å². The molecule has 5 heteroatoms. The number of aromatic nitrogens is 2. The van der Waals surface area contributed by atoms with Crippen LogP contribution in [0.25, 0.3) is 0 Å². The zero-order chi connectivity index (χ0) is 14.7. The number of ether oxygens (including phenoxy) is 1. The van der Waals surface area contributed by atoms with Gasteiger partial charge in [-0.1, -0.05) is 12.1 Å². The van der Waals surface area contributed by atoms with Gasteiger partial charge in [-0.25, -0.2) is 9.97 Å². The van der Waals surface area contributed by atoms with E-state index in [9.17, 15) is 0 Å². The summed E-state index contributed by atoms with van der Waals surface area (Å²) in [6.45, 7) is 5.42. The molecule has 0 unspecified atom stereocenters. The van der Waals surface area contributed by atoms with Crippen molar-refractivity contribution in [2.24, 2.45) is 0 Å². The molecule has 3 rings (SSSR count). The van der Waals surface area contributed by atoms with E-state index in [0.717, 1.165) is 43.1 Å². The summed E-state index contributed by atoms with van der Waals surface area (Å²) in [5.74, 6) is 1.55. The first-order valence-electron chi connectivity index (χ1n) is 7.28. The molecule has 2 heterocycles. The summed E-state index contributed by atoms with van der Waals surface area (Å²) in [7, 11) is 0. The molecule has 1 aliphatic rings. The summed E-state index contributed by atoms with van der Waals surface area (Å²) in [6, 6.07) is 8.29. The van der Waals surface area contributed by atoms with E-state index in [0.29, 0.717) is 12.4 Å². The first-order valence-corrected chi connectivity index (χ1v) is 7.28. The number of hydrogen-bond acceptors (Lipinski definition) is 5. The van der Waals surface area contributed by atoms with E-state index in [2.05, 4.69) is 27.0 Å². The predicted molar refractivity (Wildman–Crippen MR) is 81.9 cm³/mol. The summed E-state index contributed by atoms with van der Waals surface area (Å²) in [5.41, 5.74) is 9.35. The lowest BCUT2D eigenvalue weighted by Crippen LogP contribution is -2.31. The van der Waals surface area contributed by atoms with Crippen LogP contribution in [-0.2, 0) is 19.5 Å². The van der Waals surface area contributed by atoms with Crippen molar-refractivity contribution in [2.75, 3.05) is 18.9 Å². The van der Waals surface area contributed by atoms with E-state index in [1.807, 2.05) is 19.1 Å². The molecular weight excluding hydrogens is 264 g/mol. The molecule has 1 aromatic heterocycles. The first-order chi connectivity index (χ1) is 10.3. The zero-order valence-electron chi connectivity index (χ0n) is 12.2. The van der Waals surface area contributed by atoms with Crippen LogP contribution in [0, 0.1) is 0 Å². The van der Waals surface area contributed by atoms with E-state index in [4.69, 9.17) is 10.5 Å². The fourth-order valence-electron chi connectivity index (χ4n) is 2.68. The molecule has 0 aliphatic carbocycles. The SMILES string of the molecule is CCOc1ccc(CN2CCc3c(N)ncnc3C2)cc1. The number of anilines is 1. The van der Waals surface area contributed by atoms with Crippen LogP contribution in [0.15, 0.2) is 30.6 Å². The maximum Gasteiger partial charge on any atom is 0.130 e. The van der Waals surface area contributed by atoms with Crippen LogP contribution in [0.3, 0.4) is 0 Å². The van der Waals surface area contributed by atoms with Crippen LogP contribution in [0.4, 0.5) is 5.82 Å². The molecule has 0 saturated heterocycles. The van der Waals surface area contributed by atoms with Crippen LogP contribution in [-0.4, -0.2) is 28.0 Å². The third kappa shape index (κ3) is 3.13. The Morgan fingerprint density at radius 2 is 2.05 bits per heavy atom. The van der Waals surface area contributed by atoms with E-state index < -0.39 is 0 Å². The second-order valence-electron chi connectivity index (χ2n) is 5.22. The fraction of sp³-hybridized carbons (Fsp3) is 0.375. The molecule has 0 bridgehead atoms. The topological polar surface area (TPSA) is 64.3 Å².